The molecule has 1 aromatic rings. The van der Waals surface area contributed by atoms with E-state index in [9.17, 15) is 31.1 Å². The van der Waals surface area contributed by atoms with Gasteiger partial charge in [0.05, 0.1) is 13.2 Å². The van der Waals surface area contributed by atoms with Gasteiger partial charge in [-0.25, -0.2) is 9.86 Å². The van der Waals surface area contributed by atoms with Crippen molar-refractivity contribution in [3.05, 3.63) is 35.4 Å². The number of carboxylic acid groups (broad SMARTS) is 1. The Morgan fingerprint density at radius 3 is 1.93 bits per heavy atom. The van der Waals surface area contributed by atoms with Gasteiger partial charge < -0.3 is 10.8 Å². The fraction of sp³-hybridized carbons (Fsp3) is 0.500. The van der Waals surface area contributed by atoms with Crippen molar-refractivity contribution in [2.75, 3.05) is 13.7 Å². The summed E-state index contributed by atoms with van der Waals surface area (Å²) >= 11 is 0. The van der Waals surface area contributed by atoms with Crippen molar-refractivity contribution < 1.29 is 45.9 Å². The number of nitrogens with two attached hydrogens (primary N) is 1. The molecule has 1 heterocycles. The molecule has 1 unspecified atom stereocenters. The van der Waals surface area contributed by atoms with Crippen LogP contribution >= 0.6 is 0 Å². The highest BCUT2D eigenvalue weighted by molar-refractivity contribution is 5.81. The Balaban J connectivity index is 0.000000553. The van der Waals surface area contributed by atoms with E-state index in [1.54, 1.807) is 6.92 Å². The molecule has 0 saturated carbocycles. The Kier molecular flexibility index (Phi) is 7.91. The minimum absolute atomic E-state index is 0.0549. The number of carbonyl (C=O) groups is 2. The van der Waals surface area contributed by atoms with Crippen molar-refractivity contribution in [3.8, 4) is 0 Å². The highest BCUT2D eigenvalue weighted by atomic mass is 19.4. The molecule has 0 fully saturated rings. The molecular formula is C16H18F6N4O4. The Bertz CT molecular complexity index is 769. The molecule has 1 atom stereocenters. The largest absolute Gasteiger partial charge is 0.490 e. The quantitative estimate of drug-likeness (QED) is 0.517. The second kappa shape index (κ2) is 9.38. The summed E-state index contributed by atoms with van der Waals surface area (Å²) in [6.07, 6.45) is -9.45. The van der Waals surface area contributed by atoms with E-state index in [4.69, 9.17) is 20.5 Å². The van der Waals surface area contributed by atoms with Crippen LogP contribution in [0.3, 0.4) is 0 Å². The summed E-state index contributed by atoms with van der Waals surface area (Å²) in [5.41, 5.74) is 3.97. The third kappa shape index (κ3) is 6.13. The number of hydrogen-bond donors (Lipinski definition) is 2. The van der Waals surface area contributed by atoms with Crippen LogP contribution in [0, 0.1) is 0 Å². The summed E-state index contributed by atoms with van der Waals surface area (Å²) in [7, 11) is 1.36. The van der Waals surface area contributed by atoms with E-state index in [2.05, 4.69) is 10.2 Å². The normalized spacial score (nSPS) is 15.6. The molecule has 1 aromatic carbocycles. The molecule has 3 N–H and O–H groups in total. The number of benzene rings is 1. The zero-order chi connectivity index (χ0) is 23.3. The van der Waals surface area contributed by atoms with Gasteiger partial charge >= 0.3 is 24.0 Å². The maximum absolute atomic E-state index is 12.9. The van der Waals surface area contributed by atoms with Gasteiger partial charge in [0.2, 0.25) is 0 Å². The number of nitrogens with zero attached hydrogens (tertiary/aromatic N) is 3. The van der Waals surface area contributed by atoms with E-state index >= 15 is 0 Å². The lowest BCUT2D eigenvalue weighted by molar-refractivity contribution is -0.192. The Morgan fingerprint density at radius 2 is 1.63 bits per heavy atom. The van der Waals surface area contributed by atoms with Crippen LogP contribution in [0.2, 0.25) is 0 Å². The van der Waals surface area contributed by atoms with Crippen LogP contribution in [0.1, 0.15) is 18.1 Å². The second-order valence-corrected chi connectivity index (χ2v) is 5.90. The van der Waals surface area contributed by atoms with Crippen LogP contribution < -0.4 is 5.73 Å². The van der Waals surface area contributed by atoms with Gasteiger partial charge in [-0.2, -0.15) is 26.3 Å². The first-order valence-electron chi connectivity index (χ1n) is 8.21. The average molecular weight is 444 g/mol. The maximum atomic E-state index is 12.9. The molecule has 1 amide bonds. The van der Waals surface area contributed by atoms with Gasteiger partial charge in [0, 0.05) is 12.1 Å². The molecule has 14 heteroatoms. The average Bonchev–Trinajstić information content (AvgIpc) is 3.45. The number of amides is 1. The molecule has 0 aromatic heterocycles. The van der Waals surface area contributed by atoms with E-state index in [1.807, 2.05) is 0 Å². The van der Waals surface area contributed by atoms with E-state index < -0.39 is 35.9 Å². The fourth-order valence-electron chi connectivity index (χ4n) is 2.22. The van der Waals surface area contributed by atoms with E-state index in [1.165, 1.54) is 31.4 Å². The lowest BCUT2D eigenvalue weighted by atomic mass is 9.98. The fourth-order valence-corrected chi connectivity index (χ4v) is 2.22. The van der Waals surface area contributed by atoms with Gasteiger partial charge in [-0.15, -0.1) is 10.2 Å². The highest BCUT2D eigenvalue weighted by Gasteiger charge is 2.65. The monoisotopic (exact) mass is 444 g/mol. The van der Waals surface area contributed by atoms with Crippen molar-refractivity contribution in [2.24, 2.45) is 16.0 Å². The van der Waals surface area contributed by atoms with Gasteiger partial charge in [0.25, 0.3) is 5.91 Å². The first kappa shape index (κ1) is 25.3. The number of halogens is 6. The zero-order valence-corrected chi connectivity index (χ0v) is 15.7. The predicted molar refractivity (Wildman–Crippen MR) is 88.8 cm³/mol. The topological polar surface area (TPSA) is 118 Å². The lowest BCUT2D eigenvalue weighted by Crippen LogP contribution is -2.44. The number of carbonyl (C=O) groups excluding carboxylic acids is 1. The molecule has 0 spiro atoms. The summed E-state index contributed by atoms with van der Waals surface area (Å²) in [6, 6.07) is 4.74. The van der Waals surface area contributed by atoms with Crippen molar-refractivity contribution in [3.63, 3.8) is 0 Å². The molecule has 0 bridgehead atoms. The molecule has 0 saturated heterocycles. The SMILES string of the molecule is CCN(OC)C(=O)C(N)Cc1ccc(C2(C(F)(F)F)N=N2)cc1.O=C(O)C(F)(F)F. The van der Waals surface area contributed by atoms with E-state index in [0.29, 0.717) is 12.1 Å². The van der Waals surface area contributed by atoms with E-state index in [0.717, 1.165) is 5.06 Å². The Labute approximate surface area is 166 Å². The molecular weight excluding hydrogens is 426 g/mol. The van der Waals surface area contributed by atoms with E-state index in [-0.39, 0.29) is 12.0 Å². The minimum atomic E-state index is -5.08. The van der Waals surface area contributed by atoms with Crippen molar-refractivity contribution >= 4 is 11.9 Å². The van der Waals surface area contributed by atoms with Crippen LogP contribution in [0.15, 0.2) is 34.5 Å². The summed E-state index contributed by atoms with van der Waals surface area (Å²) in [5, 5.41) is 14.5. The summed E-state index contributed by atoms with van der Waals surface area (Å²) < 4.78 is 70.4. The van der Waals surface area contributed by atoms with Gasteiger partial charge in [0.1, 0.15) is 0 Å². The van der Waals surface area contributed by atoms with Gasteiger partial charge in [0.15, 0.2) is 0 Å². The zero-order valence-electron chi connectivity index (χ0n) is 15.7. The van der Waals surface area contributed by atoms with Gasteiger partial charge in [-0.1, -0.05) is 24.3 Å². The van der Waals surface area contributed by atoms with Crippen molar-refractivity contribution in [1.82, 2.24) is 5.06 Å². The summed E-state index contributed by atoms with van der Waals surface area (Å²) in [4.78, 5) is 25.8. The molecule has 1 aliphatic heterocycles. The smallest absolute Gasteiger partial charge is 0.475 e. The Hall–Kier alpha value is -2.74. The number of alkyl halides is 6. The van der Waals surface area contributed by atoms with Crippen LogP contribution in [0.5, 0.6) is 0 Å². The number of rotatable bonds is 6. The minimum Gasteiger partial charge on any atom is -0.475 e. The van der Waals surface area contributed by atoms with Crippen LogP contribution in [-0.4, -0.2) is 54.1 Å². The van der Waals surface area contributed by atoms with Crippen molar-refractivity contribution in [1.29, 1.82) is 0 Å². The lowest BCUT2D eigenvalue weighted by Gasteiger charge is -2.21. The molecule has 0 aliphatic carbocycles. The van der Waals surface area contributed by atoms with Crippen LogP contribution in [-0.2, 0) is 26.5 Å². The van der Waals surface area contributed by atoms with Crippen LogP contribution in [0.4, 0.5) is 26.3 Å². The Morgan fingerprint density at radius 1 is 1.17 bits per heavy atom. The number of carboxylic acids is 1. The van der Waals surface area contributed by atoms with Gasteiger partial charge in [-0.05, 0) is 18.9 Å². The van der Waals surface area contributed by atoms with Crippen molar-refractivity contribution in [2.45, 2.75) is 37.4 Å². The third-order valence-electron chi connectivity index (χ3n) is 3.82. The number of hydroxylamine groups is 2. The molecule has 30 heavy (non-hydrogen) atoms. The molecule has 0 radical (unpaired) electrons. The highest BCUT2D eigenvalue weighted by Crippen LogP contribution is 2.52. The number of hydrogen-bond acceptors (Lipinski definition) is 6. The standard InChI is InChI=1S/C14H17F3N4O2.C2HF3O2/c1-3-21(23-2)12(22)11(18)8-9-4-6-10(7-5-9)13(19-20-13)14(15,16)17;3-2(4,5)1(6)7/h4-7,11H,3,8,18H2,1-2H3;(H,6,7). The van der Waals surface area contributed by atoms with Gasteiger partial charge in [-0.3, -0.25) is 9.63 Å². The van der Waals surface area contributed by atoms with Crippen LogP contribution in [0.25, 0.3) is 0 Å². The summed E-state index contributed by atoms with van der Waals surface area (Å²) in [6.45, 7) is 2.08. The summed E-state index contributed by atoms with van der Waals surface area (Å²) in [5.74, 6) is -3.15. The molecule has 1 aliphatic rings. The third-order valence-corrected chi connectivity index (χ3v) is 3.82. The first-order valence-corrected chi connectivity index (χ1v) is 8.21. The first-order chi connectivity index (χ1) is 13.7. The number of aliphatic carboxylic acids is 1. The maximum Gasteiger partial charge on any atom is 0.490 e. The second-order valence-electron chi connectivity index (χ2n) is 5.90. The molecule has 2 rings (SSSR count). The molecule has 8 nitrogen and oxygen atoms in total. The predicted octanol–water partition coefficient (Wildman–Crippen LogP) is 2.78. The number of likely N-dealkylation sites (N-methyl/N-ethyl adjacent to an activating group) is 1. The molecule has 168 valence electrons.